The van der Waals surface area contributed by atoms with Gasteiger partial charge in [-0.25, -0.2) is 21.1 Å². The maximum Gasteiger partial charge on any atom is 0.250 e. The molecule has 1 fully saturated rings. The normalized spacial score (nSPS) is 15.9. The van der Waals surface area contributed by atoms with Crippen molar-refractivity contribution in [2.45, 2.75) is 32.2 Å². The first-order valence-corrected chi connectivity index (χ1v) is 16.4. The van der Waals surface area contributed by atoms with Crippen molar-refractivity contribution in [3.8, 4) is 11.1 Å². The highest BCUT2D eigenvalue weighted by Gasteiger charge is 2.29. The van der Waals surface area contributed by atoms with Crippen molar-refractivity contribution < 1.29 is 21.6 Å². The molecule has 0 aliphatic carbocycles. The van der Waals surface area contributed by atoms with Gasteiger partial charge >= 0.3 is 0 Å². The molecule has 0 unspecified atom stereocenters. The van der Waals surface area contributed by atoms with Crippen molar-refractivity contribution in [1.82, 2.24) is 14.2 Å². The smallest absolute Gasteiger partial charge is 0.250 e. The number of aromatic nitrogens is 1. The number of sulfonamides is 1. The highest BCUT2D eigenvalue weighted by molar-refractivity contribution is 7.90. The number of hydrogen-bond acceptors (Lipinski definition) is 6. The molecule has 0 spiro atoms. The molecule has 3 aromatic rings. The molecule has 11 heteroatoms. The molecule has 38 heavy (non-hydrogen) atoms. The zero-order valence-corrected chi connectivity index (χ0v) is 23.7. The lowest BCUT2D eigenvalue weighted by atomic mass is 9.88. The van der Waals surface area contributed by atoms with Crippen molar-refractivity contribution in [1.29, 1.82) is 0 Å². The van der Waals surface area contributed by atoms with E-state index in [2.05, 4.69) is 11.1 Å². The minimum Gasteiger partial charge on any atom is -0.366 e. The van der Waals surface area contributed by atoms with Gasteiger partial charge in [0.1, 0.15) is 9.84 Å². The van der Waals surface area contributed by atoms with Crippen LogP contribution in [-0.2, 0) is 26.4 Å². The van der Waals surface area contributed by atoms with E-state index in [1.54, 1.807) is 17.3 Å². The lowest BCUT2D eigenvalue weighted by Gasteiger charge is -2.31. The van der Waals surface area contributed by atoms with Gasteiger partial charge in [0.2, 0.25) is 10.0 Å². The third-order valence-corrected chi connectivity index (χ3v) is 10.1. The Kier molecular flexibility index (Phi) is 8.32. The Bertz CT molecular complexity index is 1540. The topological polar surface area (TPSA) is 134 Å². The van der Waals surface area contributed by atoms with Crippen molar-refractivity contribution in [2.75, 3.05) is 44.4 Å². The number of carbonyl (C=O) groups excluding carboxylic acids is 1. The Morgan fingerprint density at radius 1 is 1.11 bits per heavy atom. The second kappa shape index (κ2) is 11.2. The van der Waals surface area contributed by atoms with Crippen molar-refractivity contribution >= 4 is 36.7 Å². The van der Waals surface area contributed by atoms with Gasteiger partial charge in [-0.3, -0.25) is 4.79 Å². The highest BCUT2D eigenvalue weighted by Crippen LogP contribution is 2.37. The van der Waals surface area contributed by atoms with Gasteiger partial charge < -0.3 is 15.6 Å². The van der Waals surface area contributed by atoms with E-state index in [-0.39, 0.29) is 17.4 Å². The number of sulfone groups is 1. The number of benzene rings is 2. The Morgan fingerprint density at radius 2 is 1.82 bits per heavy atom. The van der Waals surface area contributed by atoms with Crippen LogP contribution in [0, 0.1) is 0 Å². The molecule has 1 aliphatic rings. The van der Waals surface area contributed by atoms with Gasteiger partial charge in [-0.2, -0.15) is 0 Å². The molecule has 206 valence electrons. The van der Waals surface area contributed by atoms with Crippen LogP contribution < -0.4 is 5.73 Å². The summed E-state index contributed by atoms with van der Waals surface area (Å²) in [5.41, 5.74) is 10.8. The summed E-state index contributed by atoms with van der Waals surface area (Å²) in [5, 5.41) is 0.920. The summed E-state index contributed by atoms with van der Waals surface area (Å²) in [6, 6.07) is 11.8. The van der Waals surface area contributed by atoms with E-state index in [1.165, 1.54) is 6.26 Å². The molecule has 3 N–H and O–H groups in total. The number of fused-ring (bicyclic) bond motifs is 1. The fourth-order valence-corrected chi connectivity index (χ4v) is 6.92. The number of nitrogens with two attached hydrogens (primary N) is 1. The van der Waals surface area contributed by atoms with Crippen LogP contribution in [0.15, 0.2) is 42.6 Å². The van der Waals surface area contributed by atoms with Gasteiger partial charge in [-0.05, 0) is 73.2 Å². The predicted molar refractivity (Wildman–Crippen MR) is 151 cm³/mol. The molecule has 0 bridgehead atoms. The maximum atomic E-state index is 12.4. The van der Waals surface area contributed by atoms with Crippen molar-refractivity contribution in [3.63, 3.8) is 0 Å². The van der Waals surface area contributed by atoms with Crippen LogP contribution in [0.25, 0.3) is 22.0 Å². The number of amides is 1. The van der Waals surface area contributed by atoms with Gasteiger partial charge in [0.05, 0.1) is 22.6 Å². The molecule has 1 amide bonds. The van der Waals surface area contributed by atoms with Gasteiger partial charge in [-0.1, -0.05) is 18.2 Å². The average Bonchev–Trinajstić information content (AvgIpc) is 3.30. The zero-order chi connectivity index (χ0) is 27.7. The first kappa shape index (κ1) is 28.3. The summed E-state index contributed by atoms with van der Waals surface area (Å²) in [7, 11) is -4.36. The molecule has 0 atom stereocenters. The Hall–Kier alpha value is -2.73. The number of rotatable bonds is 10. The second-order valence-corrected chi connectivity index (χ2v) is 14.7. The number of nitrogens with one attached hydrogen (secondary N) is 1. The number of H-pyrrole nitrogens is 1. The van der Waals surface area contributed by atoms with Gasteiger partial charge in [0.15, 0.2) is 0 Å². The predicted octanol–water partition coefficient (Wildman–Crippen LogP) is 2.94. The largest absolute Gasteiger partial charge is 0.366 e. The molecular formula is C27H36N4O5S2. The zero-order valence-electron chi connectivity index (χ0n) is 22.1. The summed E-state index contributed by atoms with van der Waals surface area (Å²) in [5.74, 6) is -0.159. The fraction of sp³-hybridized carbons (Fsp3) is 0.444. The molecule has 1 saturated heterocycles. The highest BCUT2D eigenvalue weighted by atomic mass is 32.2. The van der Waals surface area contributed by atoms with E-state index in [1.807, 2.05) is 42.4 Å². The van der Waals surface area contributed by atoms with Crippen molar-refractivity contribution in [3.05, 3.63) is 59.3 Å². The summed E-state index contributed by atoms with van der Waals surface area (Å²) in [4.78, 5) is 17.6. The van der Waals surface area contributed by atoms with Crippen LogP contribution in [0.2, 0.25) is 0 Å². The summed E-state index contributed by atoms with van der Waals surface area (Å²) in [6.07, 6.45) is 4.57. The van der Waals surface area contributed by atoms with E-state index < -0.39 is 25.8 Å². The molecule has 1 aliphatic heterocycles. The summed E-state index contributed by atoms with van der Waals surface area (Å²) >= 11 is 0. The Morgan fingerprint density at radius 3 is 2.45 bits per heavy atom. The van der Waals surface area contributed by atoms with Gasteiger partial charge in [0, 0.05) is 44.0 Å². The molecule has 1 aromatic heterocycles. The fourth-order valence-electron chi connectivity index (χ4n) is 5.14. The summed E-state index contributed by atoms with van der Waals surface area (Å²) in [6.45, 7) is 3.64. The number of piperidine rings is 1. The maximum absolute atomic E-state index is 12.4. The third kappa shape index (κ3) is 6.45. The minimum absolute atomic E-state index is 0.0986. The molecular weight excluding hydrogens is 524 g/mol. The lowest BCUT2D eigenvalue weighted by Crippen LogP contribution is -2.38. The SMILES string of the molecule is CCS(=O)(=O)N1CCC(c2c[nH]c3c(C(N)=O)cc(-c4cccc(CN(C)CCS(C)(=O)=O)c4)cc23)CC1. The van der Waals surface area contributed by atoms with Crippen LogP contribution in [0.4, 0.5) is 0 Å². The molecule has 4 rings (SSSR count). The first-order chi connectivity index (χ1) is 17.9. The number of nitrogens with zero attached hydrogens (tertiary/aromatic N) is 2. The molecule has 2 heterocycles. The van der Waals surface area contributed by atoms with E-state index in [0.717, 1.165) is 27.6 Å². The molecule has 0 radical (unpaired) electrons. The quantitative estimate of drug-likeness (QED) is 0.392. The third-order valence-electron chi connectivity index (χ3n) is 7.30. The minimum atomic E-state index is -3.21. The monoisotopic (exact) mass is 560 g/mol. The van der Waals surface area contributed by atoms with E-state index >= 15 is 0 Å². The van der Waals surface area contributed by atoms with Gasteiger partial charge in [-0.15, -0.1) is 0 Å². The molecule has 0 saturated carbocycles. The van der Waals surface area contributed by atoms with Crippen molar-refractivity contribution in [2.24, 2.45) is 5.73 Å². The lowest BCUT2D eigenvalue weighted by molar-refractivity contribution is 0.100. The van der Waals surface area contributed by atoms with Crippen LogP contribution in [-0.4, -0.2) is 81.4 Å². The average molecular weight is 561 g/mol. The Labute approximate surface area is 225 Å². The van der Waals surface area contributed by atoms with Crippen LogP contribution in [0.1, 0.15) is 47.2 Å². The van der Waals surface area contributed by atoms with Crippen LogP contribution >= 0.6 is 0 Å². The molecule has 2 aromatic carbocycles. The Balaban J connectivity index is 1.64. The van der Waals surface area contributed by atoms with Gasteiger partial charge in [0.25, 0.3) is 5.91 Å². The summed E-state index contributed by atoms with van der Waals surface area (Å²) < 4.78 is 49.2. The number of hydrogen-bond donors (Lipinski definition) is 2. The van der Waals surface area contributed by atoms with Crippen LogP contribution in [0.5, 0.6) is 0 Å². The van der Waals surface area contributed by atoms with Crippen LogP contribution in [0.3, 0.4) is 0 Å². The van der Waals surface area contributed by atoms with E-state index in [4.69, 9.17) is 5.73 Å². The van der Waals surface area contributed by atoms with E-state index in [9.17, 15) is 21.6 Å². The standard InChI is InChI=1S/C27H36N4O5S2/c1-4-38(35,36)31-10-8-20(9-11-31)25-17-29-26-23(25)15-22(16-24(26)27(28)32)21-7-5-6-19(14-21)18-30(2)12-13-37(3,33)34/h5-7,14-17,20,29H,4,8-13,18H2,1-3H3,(H2,28,32). The van der Waals surface area contributed by atoms with E-state index in [0.29, 0.717) is 50.1 Å². The first-order valence-electron chi connectivity index (χ1n) is 12.8. The number of carbonyl (C=O) groups is 1. The number of primary amides is 1. The molecule has 9 nitrogen and oxygen atoms in total. The second-order valence-electron chi connectivity index (χ2n) is 10.2. The number of aromatic amines is 1.